The van der Waals surface area contributed by atoms with Gasteiger partial charge in [0.1, 0.15) is 18.4 Å². The zero-order chi connectivity index (χ0) is 28.1. The second-order valence-electron chi connectivity index (χ2n) is 10.6. The second kappa shape index (κ2) is 13.7. The lowest BCUT2D eigenvalue weighted by molar-refractivity contribution is -0.171. The number of rotatable bonds is 11. The maximum Gasteiger partial charge on any atom is 0.145 e. The van der Waals surface area contributed by atoms with Crippen LogP contribution in [0.15, 0.2) is 83.8 Å². The number of ether oxygens (including phenoxy) is 1. The van der Waals surface area contributed by atoms with Crippen LogP contribution in [-0.4, -0.2) is 82.5 Å². The normalized spacial score (nSPS) is 24.3. The molecular formula is C32H40ClN3O3S. The Hall–Kier alpha value is -2.10. The number of halogens is 1. The van der Waals surface area contributed by atoms with E-state index in [9.17, 15) is 10.2 Å². The number of hydrogen-bond donors (Lipinski definition) is 2. The van der Waals surface area contributed by atoms with Crippen molar-refractivity contribution >= 4 is 29.1 Å². The third-order valence-electron chi connectivity index (χ3n) is 7.95. The summed E-state index contributed by atoms with van der Waals surface area (Å²) in [5.41, 5.74) is 3.42. The average Bonchev–Trinajstić information content (AvgIpc) is 2.97. The van der Waals surface area contributed by atoms with Gasteiger partial charge in [0, 0.05) is 42.6 Å². The van der Waals surface area contributed by atoms with Gasteiger partial charge in [0.25, 0.3) is 0 Å². The van der Waals surface area contributed by atoms with E-state index >= 15 is 0 Å². The van der Waals surface area contributed by atoms with Crippen LogP contribution in [0.3, 0.4) is 0 Å². The lowest BCUT2D eigenvalue weighted by Crippen LogP contribution is -2.65. The van der Waals surface area contributed by atoms with Crippen LogP contribution >= 0.6 is 23.4 Å². The lowest BCUT2D eigenvalue weighted by Gasteiger charge is -2.51. The number of thioether (sulfide) groups is 1. The van der Waals surface area contributed by atoms with Gasteiger partial charge in [-0.15, -0.1) is 11.8 Å². The molecule has 8 heteroatoms. The fraction of sp³-hybridized carbons (Fsp3) is 0.438. The zero-order valence-corrected chi connectivity index (χ0v) is 24.8. The number of anilines is 1. The molecule has 5 rings (SSSR count). The Labute approximate surface area is 247 Å². The SMILES string of the molecule is CCN(CC)CCN1c2cc(Cl)ccc2S[C@H]2[C@@H](O)[C@H](O)[C@@H](CN(Cc3ccccc3)Cc3ccccc3)O[C@H]21. The van der Waals surface area contributed by atoms with Gasteiger partial charge >= 0.3 is 0 Å². The van der Waals surface area contributed by atoms with Crippen LogP contribution in [0.2, 0.25) is 5.02 Å². The topological polar surface area (TPSA) is 59.4 Å². The van der Waals surface area contributed by atoms with Crippen molar-refractivity contribution < 1.29 is 14.9 Å². The Kier molecular flexibility index (Phi) is 10.1. The number of likely N-dealkylation sites (N-methyl/N-ethyl adjacent to an activating group) is 1. The molecule has 0 bridgehead atoms. The van der Waals surface area contributed by atoms with Gasteiger partial charge in [0.15, 0.2) is 0 Å². The molecule has 0 unspecified atom stereocenters. The van der Waals surface area contributed by atoms with Crippen molar-refractivity contribution in [3.63, 3.8) is 0 Å². The molecule has 214 valence electrons. The number of aliphatic hydroxyl groups excluding tert-OH is 2. The number of hydrogen-bond acceptors (Lipinski definition) is 7. The molecule has 0 aromatic heterocycles. The summed E-state index contributed by atoms with van der Waals surface area (Å²) >= 11 is 8.03. The van der Waals surface area contributed by atoms with Gasteiger partial charge in [-0.2, -0.15) is 0 Å². The van der Waals surface area contributed by atoms with E-state index < -0.39 is 18.3 Å². The molecule has 1 saturated heterocycles. The number of benzene rings is 3. The lowest BCUT2D eigenvalue weighted by atomic mass is 9.98. The maximum absolute atomic E-state index is 11.5. The van der Waals surface area contributed by atoms with Crippen molar-refractivity contribution in [1.29, 1.82) is 0 Å². The van der Waals surface area contributed by atoms with E-state index in [1.807, 2.05) is 54.6 Å². The Morgan fingerprint density at radius 3 is 2.08 bits per heavy atom. The number of fused-ring (bicyclic) bond motifs is 2. The highest BCUT2D eigenvalue weighted by molar-refractivity contribution is 8.00. The van der Waals surface area contributed by atoms with Gasteiger partial charge < -0.3 is 24.7 Å². The van der Waals surface area contributed by atoms with Crippen LogP contribution in [0.5, 0.6) is 0 Å². The van der Waals surface area contributed by atoms with Crippen LogP contribution in [0.1, 0.15) is 25.0 Å². The minimum Gasteiger partial charge on any atom is -0.389 e. The summed E-state index contributed by atoms with van der Waals surface area (Å²) < 4.78 is 6.78. The van der Waals surface area contributed by atoms with Crippen molar-refractivity contribution in [1.82, 2.24) is 9.80 Å². The van der Waals surface area contributed by atoms with Crippen LogP contribution in [0.4, 0.5) is 5.69 Å². The smallest absolute Gasteiger partial charge is 0.145 e. The highest BCUT2D eigenvalue weighted by Gasteiger charge is 2.50. The van der Waals surface area contributed by atoms with E-state index in [0.717, 1.165) is 36.8 Å². The minimum atomic E-state index is -0.999. The largest absolute Gasteiger partial charge is 0.389 e. The summed E-state index contributed by atoms with van der Waals surface area (Å²) in [7, 11) is 0. The molecule has 3 aromatic rings. The van der Waals surface area contributed by atoms with E-state index in [2.05, 4.69) is 52.8 Å². The van der Waals surface area contributed by atoms with E-state index in [4.69, 9.17) is 16.3 Å². The predicted octanol–water partition coefficient (Wildman–Crippen LogP) is 5.11. The van der Waals surface area contributed by atoms with Gasteiger partial charge in [-0.05, 0) is 42.4 Å². The zero-order valence-electron chi connectivity index (χ0n) is 23.3. The molecule has 3 aromatic carbocycles. The highest BCUT2D eigenvalue weighted by atomic mass is 35.5. The third kappa shape index (κ3) is 6.85. The van der Waals surface area contributed by atoms with Crippen molar-refractivity contribution in [2.24, 2.45) is 0 Å². The van der Waals surface area contributed by atoms with Gasteiger partial charge in [-0.25, -0.2) is 0 Å². The molecule has 0 spiro atoms. The van der Waals surface area contributed by atoms with E-state index in [1.54, 1.807) is 11.8 Å². The summed E-state index contributed by atoms with van der Waals surface area (Å²) in [6.07, 6.45) is -2.86. The van der Waals surface area contributed by atoms with Gasteiger partial charge in [0.05, 0.1) is 17.0 Å². The first kappa shape index (κ1) is 29.4. The van der Waals surface area contributed by atoms with Gasteiger partial charge in [-0.3, -0.25) is 4.90 Å². The summed E-state index contributed by atoms with van der Waals surface area (Å²) in [5.74, 6) is 0. The molecular weight excluding hydrogens is 542 g/mol. The third-order valence-corrected chi connectivity index (χ3v) is 9.57. The van der Waals surface area contributed by atoms with E-state index in [0.29, 0.717) is 24.7 Å². The quantitative estimate of drug-likeness (QED) is 0.326. The molecule has 5 atom stereocenters. The van der Waals surface area contributed by atoms with Crippen molar-refractivity contribution in [2.45, 2.75) is 61.6 Å². The molecule has 0 aliphatic carbocycles. The fourth-order valence-corrected chi connectivity index (χ4v) is 7.24. The van der Waals surface area contributed by atoms with Crippen molar-refractivity contribution in [2.75, 3.05) is 37.6 Å². The predicted molar refractivity (Wildman–Crippen MR) is 164 cm³/mol. The molecule has 0 radical (unpaired) electrons. The van der Waals surface area contributed by atoms with E-state index in [-0.39, 0.29) is 11.5 Å². The molecule has 2 heterocycles. The minimum absolute atomic E-state index is 0.312. The molecule has 2 aliphatic heterocycles. The molecule has 1 fully saturated rings. The van der Waals surface area contributed by atoms with Crippen LogP contribution < -0.4 is 4.90 Å². The van der Waals surface area contributed by atoms with Gasteiger partial charge in [-0.1, -0.05) is 86.1 Å². The molecule has 2 aliphatic rings. The highest BCUT2D eigenvalue weighted by Crippen LogP contribution is 2.47. The Bertz CT molecular complexity index is 1180. The molecule has 0 saturated carbocycles. The average molecular weight is 582 g/mol. The Balaban J connectivity index is 1.41. The molecule has 0 amide bonds. The van der Waals surface area contributed by atoms with Crippen LogP contribution in [-0.2, 0) is 17.8 Å². The van der Waals surface area contributed by atoms with Crippen LogP contribution in [0.25, 0.3) is 0 Å². The summed E-state index contributed by atoms with van der Waals surface area (Å²) in [5, 5.41) is 23.2. The molecule has 6 nitrogen and oxygen atoms in total. The van der Waals surface area contributed by atoms with Gasteiger partial charge in [0.2, 0.25) is 0 Å². The Morgan fingerprint density at radius 1 is 0.850 bits per heavy atom. The second-order valence-corrected chi connectivity index (χ2v) is 12.3. The first-order valence-corrected chi connectivity index (χ1v) is 15.5. The molecule has 40 heavy (non-hydrogen) atoms. The van der Waals surface area contributed by atoms with Crippen molar-refractivity contribution in [3.8, 4) is 0 Å². The maximum atomic E-state index is 11.5. The first-order valence-electron chi connectivity index (χ1n) is 14.2. The number of nitrogens with zero attached hydrogens (tertiary/aromatic N) is 3. The first-order chi connectivity index (χ1) is 19.5. The monoisotopic (exact) mass is 581 g/mol. The standard InChI is InChI=1S/C32H40ClN3O3S/c1-3-34(4-2)17-18-36-26-19-25(33)15-16-28(26)40-31-30(38)29(37)27(39-32(31)36)22-35(20-23-11-7-5-8-12-23)21-24-13-9-6-10-14-24/h5-16,19,27,29-32,37-38H,3-4,17-18,20-22H2,1-2H3/t27-,29-,30+,31+,32-/m1/s1. The molecule has 2 N–H and O–H groups in total. The summed E-state index contributed by atoms with van der Waals surface area (Å²) in [6.45, 7) is 9.80. The summed E-state index contributed by atoms with van der Waals surface area (Å²) in [6, 6.07) is 26.6. The van der Waals surface area contributed by atoms with Crippen LogP contribution in [0, 0.1) is 0 Å². The number of aliphatic hydroxyl groups is 2. The fourth-order valence-electron chi connectivity index (χ4n) is 5.71. The summed E-state index contributed by atoms with van der Waals surface area (Å²) in [4.78, 5) is 7.98. The Morgan fingerprint density at radius 2 is 1.48 bits per heavy atom. The van der Waals surface area contributed by atoms with E-state index in [1.165, 1.54) is 11.1 Å². The van der Waals surface area contributed by atoms with Crippen molar-refractivity contribution in [3.05, 3.63) is 95.0 Å².